The van der Waals surface area contributed by atoms with Crippen LogP contribution in [-0.4, -0.2) is 62.6 Å². The van der Waals surface area contributed by atoms with Crippen molar-refractivity contribution in [2.45, 2.75) is 38.6 Å². The van der Waals surface area contributed by atoms with Gasteiger partial charge in [-0.2, -0.15) is 0 Å². The summed E-state index contributed by atoms with van der Waals surface area (Å²) in [5.74, 6) is -2.13. The number of aromatic carboxylic acids is 2. The molecule has 0 saturated heterocycles. The lowest BCUT2D eigenvalue weighted by molar-refractivity contribution is -0.217. The molecule has 136 valence electrons. The maximum absolute atomic E-state index is 10.3. The van der Waals surface area contributed by atoms with E-state index < -0.39 is 23.8 Å². The molecular formula is C16H24O8. The Morgan fingerprint density at radius 3 is 1.67 bits per heavy atom. The molecule has 0 saturated carbocycles. The Balaban J connectivity index is 0.000000441. The van der Waals surface area contributed by atoms with E-state index in [4.69, 9.17) is 20.1 Å². The van der Waals surface area contributed by atoms with Crippen molar-refractivity contribution in [3.63, 3.8) is 0 Å². The van der Waals surface area contributed by atoms with Crippen LogP contribution in [0.15, 0.2) is 24.3 Å². The van der Waals surface area contributed by atoms with Gasteiger partial charge in [0.2, 0.25) is 0 Å². The van der Waals surface area contributed by atoms with Crippen LogP contribution in [0.4, 0.5) is 0 Å². The minimum atomic E-state index is -1.21. The lowest BCUT2D eigenvalue weighted by atomic mass is 9.97. The lowest BCUT2D eigenvalue weighted by Gasteiger charge is -2.30. The normalized spacial score (nSPS) is 12.0. The summed E-state index contributed by atoms with van der Waals surface area (Å²) in [6.07, 6.45) is -0.355. The molecule has 1 aromatic carbocycles. The number of hydrogen-bond donors (Lipinski definition) is 5. The summed E-state index contributed by atoms with van der Waals surface area (Å²) < 4.78 is 4.79. The second kappa shape index (κ2) is 10.7. The molecule has 0 radical (unpaired) electrons. The molecule has 0 aliphatic carbocycles. The third-order valence-corrected chi connectivity index (χ3v) is 3.43. The Bertz CT molecular complexity index is 474. The quantitative estimate of drug-likeness (QED) is 0.438. The molecule has 0 spiro atoms. The third-order valence-electron chi connectivity index (χ3n) is 3.43. The number of hydrogen-bond acceptors (Lipinski definition) is 6. The summed E-state index contributed by atoms with van der Waals surface area (Å²) >= 11 is 0. The van der Waals surface area contributed by atoms with Gasteiger partial charge >= 0.3 is 11.9 Å². The molecule has 0 bridgehead atoms. The molecule has 8 heteroatoms. The van der Waals surface area contributed by atoms with Gasteiger partial charge in [0.1, 0.15) is 5.60 Å². The van der Waals surface area contributed by atoms with Gasteiger partial charge in [-0.15, -0.1) is 0 Å². The lowest BCUT2D eigenvalue weighted by Crippen LogP contribution is -2.43. The van der Waals surface area contributed by atoms with Gasteiger partial charge in [0, 0.05) is 0 Å². The highest BCUT2D eigenvalue weighted by atomic mass is 16.6. The standard InChI is InChI=1S/C8H6O4.C8H18O4/c9-7(10)5-1-2-6(4-3-5)8(11)12;1-3-8(11,4-2)7(10)12-6-5-9/h1-4H,(H,9,10)(H,11,12);7,9-11H,3-6H2,1-2H3. The molecule has 0 aliphatic rings. The highest BCUT2D eigenvalue weighted by Gasteiger charge is 2.32. The van der Waals surface area contributed by atoms with Crippen LogP contribution in [0.2, 0.25) is 0 Å². The SMILES string of the molecule is CCC(O)(CC)C(O)OCCO.O=C(O)c1ccc(C(=O)O)cc1. The van der Waals surface area contributed by atoms with Gasteiger partial charge in [-0.05, 0) is 37.1 Å². The Kier molecular flexibility index (Phi) is 9.82. The van der Waals surface area contributed by atoms with Gasteiger partial charge in [-0.1, -0.05) is 13.8 Å². The predicted octanol–water partition coefficient (Wildman–Crippen LogP) is 0.948. The fraction of sp³-hybridized carbons (Fsp3) is 0.500. The minimum Gasteiger partial charge on any atom is -0.478 e. The molecular weight excluding hydrogens is 320 g/mol. The number of rotatable bonds is 8. The molecule has 0 fully saturated rings. The predicted molar refractivity (Wildman–Crippen MR) is 84.9 cm³/mol. The monoisotopic (exact) mass is 344 g/mol. The Morgan fingerprint density at radius 1 is 1.04 bits per heavy atom. The Morgan fingerprint density at radius 2 is 1.42 bits per heavy atom. The van der Waals surface area contributed by atoms with E-state index in [-0.39, 0.29) is 24.3 Å². The number of aliphatic hydroxyl groups is 3. The maximum atomic E-state index is 10.3. The highest BCUT2D eigenvalue weighted by molar-refractivity contribution is 5.91. The molecule has 1 atom stereocenters. The van der Waals surface area contributed by atoms with Crippen LogP contribution in [0.3, 0.4) is 0 Å². The molecule has 5 N–H and O–H groups in total. The first-order chi connectivity index (χ1) is 11.2. The molecule has 8 nitrogen and oxygen atoms in total. The second-order valence-corrected chi connectivity index (χ2v) is 4.95. The van der Waals surface area contributed by atoms with Gasteiger partial charge in [0.15, 0.2) is 6.29 Å². The third kappa shape index (κ3) is 7.05. The number of benzene rings is 1. The number of aliphatic hydroxyl groups excluding tert-OH is 2. The summed E-state index contributed by atoms with van der Waals surface area (Å²) in [4.78, 5) is 20.7. The summed E-state index contributed by atoms with van der Waals surface area (Å²) in [6.45, 7) is 3.44. The Labute approximate surface area is 139 Å². The zero-order valence-electron chi connectivity index (χ0n) is 13.7. The first kappa shape index (κ1) is 22.0. The summed E-state index contributed by atoms with van der Waals surface area (Å²) in [5.41, 5.74) is -1.02. The van der Waals surface area contributed by atoms with Crippen molar-refractivity contribution in [3.8, 4) is 0 Å². The minimum absolute atomic E-state index is 0.0451. The van der Waals surface area contributed by atoms with Gasteiger partial charge in [-0.3, -0.25) is 0 Å². The van der Waals surface area contributed by atoms with E-state index in [9.17, 15) is 19.8 Å². The van der Waals surface area contributed by atoms with E-state index in [1.54, 1.807) is 13.8 Å². The van der Waals surface area contributed by atoms with Gasteiger partial charge in [-0.25, -0.2) is 9.59 Å². The highest BCUT2D eigenvalue weighted by Crippen LogP contribution is 2.20. The smallest absolute Gasteiger partial charge is 0.335 e. The summed E-state index contributed by atoms with van der Waals surface area (Å²) in [6, 6.07) is 5.02. The molecule has 0 amide bonds. The summed E-state index contributed by atoms with van der Waals surface area (Å²) in [7, 11) is 0. The fourth-order valence-corrected chi connectivity index (χ4v) is 1.67. The van der Waals surface area contributed by atoms with E-state index >= 15 is 0 Å². The molecule has 0 aromatic heterocycles. The molecule has 0 heterocycles. The number of carbonyl (C=O) groups is 2. The first-order valence-electron chi connectivity index (χ1n) is 7.41. The summed E-state index contributed by atoms with van der Waals surface area (Å²) in [5, 5.41) is 44.3. The molecule has 1 unspecified atom stereocenters. The largest absolute Gasteiger partial charge is 0.478 e. The van der Waals surface area contributed by atoms with Crippen molar-refractivity contribution in [3.05, 3.63) is 35.4 Å². The van der Waals surface area contributed by atoms with E-state index in [0.717, 1.165) is 0 Å². The van der Waals surface area contributed by atoms with Gasteiger partial charge in [0.25, 0.3) is 0 Å². The number of carboxylic acids is 2. The average molecular weight is 344 g/mol. The van der Waals surface area contributed by atoms with E-state index in [1.165, 1.54) is 24.3 Å². The van der Waals surface area contributed by atoms with Crippen molar-refractivity contribution in [2.75, 3.05) is 13.2 Å². The molecule has 24 heavy (non-hydrogen) atoms. The topological polar surface area (TPSA) is 145 Å². The maximum Gasteiger partial charge on any atom is 0.335 e. The van der Waals surface area contributed by atoms with Crippen LogP contribution < -0.4 is 0 Å². The van der Waals surface area contributed by atoms with Crippen LogP contribution in [-0.2, 0) is 4.74 Å². The van der Waals surface area contributed by atoms with Gasteiger partial charge < -0.3 is 30.3 Å². The zero-order chi connectivity index (χ0) is 18.8. The average Bonchev–Trinajstić information content (AvgIpc) is 2.59. The van der Waals surface area contributed by atoms with Crippen LogP contribution in [0.25, 0.3) is 0 Å². The van der Waals surface area contributed by atoms with Crippen LogP contribution in [0, 0.1) is 0 Å². The zero-order valence-corrected chi connectivity index (χ0v) is 13.7. The molecule has 1 aromatic rings. The van der Waals surface area contributed by atoms with Crippen molar-refractivity contribution >= 4 is 11.9 Å². The van der Waals surface area contributed by atoms with Crippen molar-refractivity contribution in [2.24, 2.45) is 0 Å². The van der Waals surface area contributed by atoms with Crippen LogP contribution >= 0.6 is 0 Å². The van der Waals surface area contributed by atoms with Crippen molar-refractivity contribution in [1.82, 2.24) is 0 Å². The van der Waals surface area contributed by atoms with Crippen LogP contribution in [0.5, 0.6) is 0 Å². The van der Waals surface area contributed by atoms with Crippen molar-refractivity contribution in [1.29, 1.82) is 0 Å². The Hall–Kier alpha value is -2.00. The van der Waals surface area contributed by atoms with E-state index in [2.05, 4.69) is 0 Å². The first-order valence-corrected chi connectivity index (χ1v) is 7.41. The van der Waals surface area contributed by atoms with Crippen molar-refractivity contribution < 1.29 is 39.9 Å². The molecule has 1 rings (SSSR count). The fourth-order valence-electron chi connectivity index (χ4n) is 1.67. The second-order valence-electron chi connectivity index (χ2n) is 4.95. The molecule has 0 aliphatic heterocycles. The van der Waals surface area contributed by atoms with Crippen LogP contribution in [0.1, 0.15) is 47.4 Å². The van der Waals surface area contributed by atoms with E-state index in [0.29, 0.717) is 12.8 Å². The van der Waals surface area contributed by atoms with E-state index in [1.807, 2.05) is 0 Å². The van der Waals surface area contributed by atoms with Gasteiger partial charge in [0.05, 0.1) is 24.3 Å². The number of carboxylic acid groups (broad SMARTS) is 2. The number of ether oxygens (including phenoxy) is 1.